The van der Waals surface area contributed by atoms with E-state index in [1.807, 2.05) is 0 Å². The summed E-state index contributed by atoms with van der Waals surface area (Å²) in [4.78, 5) is -0.215. The summed E-state index contributed by atoms with van der Waals surface area (Å²) in [5.41, 5.74) is 0. The van der Waals surface area contributed by atoms with Crippen LogP contribution < -0.4 is 0 Å². The summed E-state index contributed by atoms with van der Waals surface area (Å²) in [5.74, 6) is 1.75. The summed E-state index contributed by atoms with van der Waals surface area (Å²) in [6.45, 7) is 0. The molecule has 3 heteroatoms. The van der Waals surface area contributed by atoms with Crippen molar-refractivity contribution < 1.29 is 4.74 Å². The summed E-state index contributed by atoms with van der Waals surface area (Å²) < 4.78 is 5.14. The van der Waals surface area contributed by atoms with Crippen molar-refractivity contribution in [3.63, 3.8) is 0 Å². The molecule has 0 saturated carbocycles. The molecule has 0 heterocycles. The largest absolute Gasteiger partial charge is 0.501 e. The smallest absolute Gasteiger partial charge is 0.108 e. The highest BCUT2D eigenvalue weighted by Crippen LogP contribution is 2.29. The maximum atomic E-state index is 5.69. The lowest BCUT2D eigenvalue weighted by atomic mass is 9.91. The fourth-order valence-electron chi connectivity index (χ4n) is 1.52. The maximum Gasteiger partial charge on any atom is 0.108 e. The van der Waals surface area contributed by atoms with Crippen LogP contribution in [0.1, 0.15) is 25.7 Å². The van der Waals surface area contributed by atoms with Crippen LogP contribution in [-0.2, 0) is 4.74 Å². The summed E-state index contributed by atoms with van der Waals surface area (Å²) in [6, 6.07) is 0. The fraction of sp³-hybridized carbons (Fsp3) is 0.778. The fourth-order valence-corrected chi connectivity index (χ4v) is 2.02. The van der Waals surface area contributed by atoms with Gasteiger partial charge in [-0.3, -0.25) is 0 Å². The van der Waals surface area contributed by atoms with E-state index in [0.29, 0.717) is 5.92 Å². The highest BCUT2D eigenvalue weighted by molar-refractivity contribution is 6.44. The predicted octanol–water partition coefficient (Wildman–Crippen LogP) is 3.51. The molecule has 1 rings (SSSR count). The van der Waals surface area contributed by atoms with Crippen molar-refractivity contribution in [1.82, 2.24) is 0 Å². The zero-order chi connectivity index (χ0) is 8.97. The molecule has 0 spiro atoms. The van der Waals surface area contributed by atoms with Crippen molar-refractivity contribution >= 4 is 23.2 Å². The third-order valence-corrected chi connectivity index (χ3v) is 2.61. The van der Waals surface area contributed by atoms with Crippen LogP contribution in [0.4, 0.5) is 0 Å². The number of halogens is 2. The molecule has 0 aromatic heterocycles. The van der Waals surface area contributed by atoms with Crippen LogP contribution in [0.25, 0.3) is 0 Å². The van der Waals surface area contributed by atoms with Gasteiger partial charge in [0.1, 0.15) is 4.84 Å². The van der Waals surface area contributed by atoms with Crippen molar-refractivity contribution in [3.05, 3.63) is 11.8 Å². The van der Waals surface area contributed by atoms with Gasteiger partial charge in [-0.1, -0.05) is 0 Å². The van der Waals surface area contributed by atoms with E-state index in [2.05, 4.69) is 6.08 Å². The second-order valence-corrected chi connectivity index (χ2v) is 4.42. The SMILES string of the molecule is COC1=CCC(CC(Cl)Cl)CC1. The van der Waals surface area contributed by atoms with Gasteiger partial charge in [0.2, 0.25) is 0 Å². The van der Waals surface area contributed by atoms with Crippen LogP contribution in [0.2, 0.25) is 0 Å². The lowest BCUT2D eigenvalue weighted by Gasteiger charge is -2.21. The molecule has 0 aromatic carbocycles. The number of rotatable bonds is 3. The highest BCUT2D eigenvalue weighted by atomic mass is 35.5. The molecule has 0 bridgehead atoms. The monoisotopic (exact) mass is 208 g/mol. The second-order valence-electron chi connectivity index (χ2n) is 3.14. The van der Waals surface area contributed by atoms with Gasteiger partial charge in [0.05, 0.1) is 12.9 Å². The van der Waals surface area contributed by atoms with Crippen LogP contribution in [-0.4, -0.2) is 11.9 Å². The van der Waals surface area contributed by atoms with E-state index in [4.69, 9.17) is 27.9 Å². The summed E-state index contributed by atoms with van der Waals surface area (Å²) >= 11 is 11.4. The molecule has 1 atom stereocenters. The van der Waals surface area contributed by atoms with Crippen molar-refractivity contribution in [2.75, 3.05) is 7.11 Å². The predicted molar refractivity (Wildman–Crippen MR) is 52.5 cm³/mol. The van der Waals surface area contributed by atoms with Gasteiger partial charge in [0, 0.05) is 6.42 Å². The molecule has 0 radical (unpaired) electrons. The van der Waals surface area contributed by atoms with Crippen LogP contribution in [0.3, 0.4) is 0 Å². The molecule has 0 amide bonds. The highest BCUT2D eigenvalue weighted by Gasteiger charge is 2.16. The molecule has 70 valence electrons. The molecular formula is C9H14Cl2O. The average Bonchev–Trinajstić information content (AvgIpc) is 2.05. The molecule has 1 aliphatic carbocycles. The number of ether oxygens (including phenoxy) is 1. The molecule has 0 saturated heterocycles. The molecule has 1 unspecified atom stereocenters. The number of hydrogen-bond acceptors (Lipinski definition) is 1. The van der Waals surface area contributed by atoms with Gasteiger partial charge >= 0.3 is 0 Å². The summed E-state index contributed by atoms with van der Waals surface area (Å²) in [7, 11) is 1.72. The summed E-state index contributed by atoms with van der Waals surface area (Å²) in [5, 5.41) is 0. The van der Waals surface area contributed by atoms with Gasteiger partial charge in [-0.15, -0.1) is 23.2 Å². The Bertz CT molecular complexity index is 166. The van der Waals surface area contributed by atoms with Crippen LogP contribution in [0.5, 0.6) is 0 Å². The first-order valence-electron chi connectivity index (χ1n) is 4.23. The molecule has 0 fully saturated rings. The van der Waals surface area contributed by atoms with E-state index in [0.717, 1.165) is 31.4 Å². The minimum atomic E-state index is -0.215. The Balaban J connectivity index is 2.31. The second kappa shape index (κ2) is 4.98. The lowest BCUT2D eigenvalue weighted by molar-refractivity contribution is 0.251. The topological polar surface area (TPSA) is 9.23 Å². The van der Waals surface area contributed by atoms with Gasteiger partial charge in [0.25, 0.3) is 0 Å². The molecule has 1 nitrogen and oxygen atoms in total. The standard InChI is InChI=1S/C9H14Cl2O/c1-12-8-4-2-7(3-5-8)6-9(10)11/h4,7,9H,2-3,5-6H2,1H3. The third-order valence-electron chi connectivity index (χ3n) is 2.25. The van der Waals surface area contributed by atoms with Gasteiger partial charge in [-0.05, 0) is 31.3 Å². The Kier molecular flexibility index (Phi) is 4.24. The normalized spacial score (nSPS) is 24.0. The Morgan fingerprint density at radius 3 is 2.83 bits per heavy atom. The van der Waals surface area contributed by atoms with Crippen molar-refractivity contribution in [2.24, 2.45) is 5.92 Å². The number of methoxy groups -OCH3 is 1. The Morgan fingerprint density at radius 2 is 2.42 bits per heavy atom. The van der Waals surface area contributed by atoms with E-state index >= 15 is 0 Å². The maximum absolute atomic E-state index is 5.69. The molecule has 1 aliphatic rings. The van der Waals surface area contributed by atoms with E-state index < -0.39 is 0 Å². The first kappa shape index (κ1) is 10.2. The molecule has 12 heavy (non-hydrogen) atoms. The average molecular weight is 209 g/mol. The Labute approximate surface area is 83.7 Å². The first-order valence-corrected chi connectivity index (χ1v) is 5.11. The van der Waals surface area contributed by atoms with Gasteiger partial charge < -0.3 is 4.74 Å². The molecular weight excluding hydrogens is 195 g/mol. The molecule has 0 N–H and O–H groups in total. The van der Waals surface area contributed by atoms with Crippen molar-refractivity contribution in [3.8, 4) is 0 Å². The number of hydrogen-bond donors (Lipinski definition) is 0. The van der Waals surface area contributed by atoms with E-state index in [1.165, 1.54) is 0 Å². The minimum Gasteiger partial charge on any atom is -0.501 e. The van der Waals surface area contributed by atoms with E-state index in [-0.39, 0.29) is 4.84 Å². The van der Waals surface area contributed by atoms with Crippen molar-refractivity contribution in [1.29, 1.82) is 0 Å². The van der Waals surface area contributed by atoms with E-state index in [1.54, 1.807) is 7.11 Å². The zero-order valence-electron chi connectivity index (χ0n) is 7.22. The molecule has 0 aliphatic heterocycles. The Hall–Kier alpha value is 0.120. The van der Waals surface area contributed by atoms with Gasteiger partial charge in [-0.25, -0.2) is 0 Å². The minimum absolute atomic E-state index is 0.215. The molecule has 0 aromatic rings. The zero-order valence-corrected chi connectivity index (χ0v) is 8.74. The lowest BCUT2D eigenvalue weighted by Crippen LogP contribution is -2.09. The first-order chi connectivity index (χ1) is 5.72. The van der Waals surface area contributed by atoms with Crippen LogP contribution in [0, 0.1) is 5.92 Å². The number of alkyl halides is 2. The number of allylic oxidation sites excluding steroid dienone is 2. The quantitative estimate of drug-likeness (QED) is 0.646. The van der Waals surface area contributed by atoms with Gasteiger partial charge in [-0.2, -0.15) is 0 Å². The summed E-state index contributed by atoms with van der Waals surface area (Å²) in [6.07, 6.45) is 6.28. The van der Waals surface area contributed by atoms with Crippen molar-refractivity contribution in [2.45, 2.75) is 30.5 Å². The van der Waals surface area contributed by atoms with Crippen LogP contribution >= 0.6 is 23.2 Å². The third kappa shape index (κ3) is 3.24. The Morgan fingerprint density at radius 1 is 1.67 bits per heavy atom. The van der Waals surface area contributed by atoms with Gasteiger partial charge in [0.15, 0.2) is 0 Å². The van der Waals surface area contributed by atoms with E-state index in [9.17, 15) is 0 Å². The van der Waals surface area contributed by atoms with Crippen LogP contribution in [0.15, 0.2) is 11.8 Å².